The number of ether oxygens (including phenoxy) is 1. The molecule has 1 aromatic carbocycles. The maximum atomic E-state index is 6.11. The van der Waals surface area contributed by atoms with Gasteiger partial charge in [-0.25, -0.2) is 0 Å². The van der Waals surface area contributed by atoms with Gasteiger partial charge >= 0.3 is 0 Å². The smallest absolute Gasteiger partial charge is 0.0559 e. The number of hydrogen-bond acceptors (Lipinski definition) is 2. The van der Waals surface area contributed by atoms with Gasteiger partial charge in [-0.3, -0.25) is 0 Å². The van der Waals surface area contributed by atoms with Crippen molar-refractivity contribution in [3.8, 4) is 0 Å². The SMILES string of the molecule is COCC1(c2ccccc2N)CCCCC1. The molecule has 0 atom stereocenters. The van der Waals surface area contributed by atoms with Gasteiger partial charge in [0.15, 0.2) is 0 Å². The second-order valence-corrected chi connectivity index (χ2v) is 4.86. The largest absolute Gasteiger partial charge is 0.398 e. The normalized spacial score (nSPS) is 19.6. The number of nitrogen functional groups attached to an aromatic ring is 1. The first-order valence-electron chi connectivity index (χ1n) is 6.12. The fraction of sp³-hybridized carbons (Fsp3) is 0.571. The molecule has 2 N–H and O–H groups in total. The molecule has 2 rings (SSSR count). The van der Waals surface area contributed by atoms with Crippen LogP contribution in [-0.2, 0) is 10.2 Å². The van der Waals surface area contributed by atoms with Gasteiger partial charge in [0, 0.05) is 18.2 Å². The molecule has 2 heteroatoms. The van der Waals surface area contributed by atoms with E-state index in [0.717, 1.165) is 12.3 Å². The molecule has 0 saturated heterocycles. The molecule has 2 nitrogen and oxygen atoms in total. The highest BCUT2D eigenvalue weighted by Gasteiger charge is 2.35. The molecule has 0 radical (unpaired) electrons. The first-order valence-corrected chi connectivity index (χ1v) is 6.12. The van der Waals surface area contributed by atoms with Gasteiger partial charge in [-0.2, -0.15) is 0 Å². The Morgan fingerprint density at radius 3 is 2.50 bits per heavy atom. The van der Waals surface area contributed by atoms with Crippen LogP contribution < -0.4 is 5.73 Å². The fourth-order valence-electron chi connectivity index (χ4n) is 2.98. The summed E-state index contributed by atoms with van der Waals surface area (Å²) in [7, 11) is 1.79. The Morgan fingerprint density at radius 1 is 1.19 bits per heavy atom. The van der Waals surface area contributed by atoms with Crippen molar-refractivity contribution in [3.05, 3.63) is 29.8 Å². The minimum atomic E-state index is 0.165. The van der Waals surface area contributed by atoms with E-state index in [0.29, 0.717) is 0 Å². The van der Waals surface area contributed by atoms with Crippen molar-refractivity contribution in [1.82, 2.24) is 0 Å². The summed E-state index contributed by atoms with van der Waals surface area (Å²) in [6.45, 7) is 0.793. The highest BCUT2D eigenvalue weighted by atomic mass is 16.5. The highest BCUT2D eigenvalue weighted by Crippen LogP contribution is 2.41. The molecular formula is C14H21NO. The monoisotopic (exact) mass is 219 g/mol. The Hall–Kier alpha value is -1.02. The molecular weight excluding hydrogens is 198 g/mol. The van der Waals surface area contributed by atoms with Gasteiger partial charge < -0.3 is 10.5 Å². The summed E-state index contributed by atoms with van der Waals surface area (Å²) in [5, 5.41) is 0. The first-order chi connectivity index (χ1) is 7.78. The van der Waals surface area contributed by atoms with Crippen molar-refractivity contribution < 1.29 is 4.74 Å². The van der Waals surface area contributed by atoms with Crippen LogP contribution in [0.15, 0.2) is 24.3 Å². The van der Waals surface area contributed by atoms with Gasteiger partial charge in [0.05, 0.1) is 6.61 Å². The third-order valence-corrected chi connectivity index (χ3v) is 3.76. The molecule has 0 amide bonds. The molecule has 1 fully saturated rings. The van der Waals surface area contributed by atoms with Crippen LogP contribution in [0.1, 0.15) is 37.7 Å². The van der Waals surface area contributed by atoms with Crippen LogP contribution in [0.5, 0.6) is 0 Å². The molecule has 0 heterocycles. The van der Waals surface area contributed by atoms with Crippen LogP contribution in [0, 0.1) is 0 Å². The molecule has 0 unspecified atom stereocenters. The predicted molar refractivity (Wildman–Crippen MR) is 67.5 cm³/mol. The number of para-hydroxylation sites is 1. The van der Waals surface area contributed by atoms with Crippen LogP contribution in [0.3, 0.4) is 0 Å². The van der Waals surface area contributed by atoms with Crippen molar-refractivity contribution in [2.75, 3.05) is 19.5 Å². The molecule has 88 valence electrons. The van der Waals surface area contributed by atoms with Crippen LogP contribution in [-0.4, -0.2) is 13.7 Å². The van der Waals surface area contributed by atoms with E-state index in [1.807, 2.05) is 12.1 Å². The maximum Gasteiger partial charge on any atom is 0.0559 e. The molecule has 0 aliphatic heterocycles. The van der Waals surface area contributed by atoms with Crippen molar-refractivity contribution >= 4 is 5.69 Å². The van der Waals surface area contributed by atoms with Gasteiger partial charge in [-0.15, -0.1) is 0 Å². The molecule has 1 aliphatic rings. The van der Waals surface area contributed by atoms with Crippen LogP contribution in [0.2, 0.25) is 0 Å². The molecule has 1 aliphatic carbocycles. The molecule has 0 aromatic heterocycles. The number of nitrogens with two attached hydrogens (primary N) is 1. The number of anilines is 1. The number of rotatable bonds is 3. The zero-order chi connectivity index (χ0) is 11.4. The van der Waals surface area contributed by atoms with Gasteiger partial charge in [-0.1, -0.05) is 37.5 Å². The summed E-state index contributed by atoms with van der Waals surface area (Å²) in [5.74, 6) is 0. The Balaban J connectivity index is 2.34. The Kier molecular flexibility index (Phi) is 3.49. The van der Waals surface area contributed by atoms with Gasteiger partial charge in [0.2, 0.25) is 0 Å². The van der Waals surface area contributed by atoms with E-state index in [4.69, 9.17) is 10.5 Å². The van der Waals surface area contributed by atoms with E-state index in [9.17, 15) is 0 Å². The lowest BCUT2D eigenvalue weighted by atomic mass is 9.69. The Bertz CT molecular complexity index is 337. The lowest BCUT2D eigenvalue weighted by Gasteiger charge is -2.38. The van der Waals surface area contributed by atoms with Crippen LogP contribution >= 0.6 is 0 Å². The average molecular weight is 219 g/mol. The fourth-order valence-corrected chi connectivity index (χ4v) is 2.98. The van der Waals surface area contributed by atoms with E-state index in [1.54, 1.807) is 7.11 Å². The molecule has 16 heavy (non-hydrogen) atoms. The summed E-state index contributed by atoms with van der Waals surface area (Å²) in [4.78, 5) is 0. The Labute approximate surface area is 97.8 Å². The topological polar surface area (TPSA) is 35.2 Å². The minimum absolute atomic E-state index is 0.165. The standard InChI is InChI=1S/C14H21NO/c1-16-11-14(9-5-2-6-10-14)12-7-3-4-8-13(12)15/h3-4,7-8H,2,5-6,9-11,15H2,1H3. The van der Waals surface area contributed by atoms with Gasteiger partial charge in [0.25, 0.3) is 0 Å². The van der Waals surface area contributed by atoms with E-state index in [-0.39, 0.29) is 5.41 Å². The maximum absolute atomic E-state index is 6.11. The summed E-state index contributed by atoms with van der Waals surface area (Å²) in [6, 6.07) is 8.25. The third-order valence-electron chi connectivity index (χ3n) is 3.76. The molecule has 0 spiro atoms. The summed E-state index contributed by atoms with van der Waals surface area (Å²) in [6.07, 6.45) is 6.33. The number of methoxy groups -OCH3 is 1. The minimum Gasteiger partial charge on any atom is -0.398 e. The van der Waals surface area contributed by atoms with E-state index >= 15 is 0 Å². The van der Waals surface area contributed by atoms with Crippen LogP contribution in [0.25, 0.3) is 0 Å². The Morgan fingerprint density at radius 2 is 1.88 bits per heavy atom. The van der Waals surface area contributed by atoms with Crippen molar-refractivity contribution in [2.45, 2.75) is 37.5 Å². The second-order valence-electron chi connectivity index (χ2n) is 4.86. The molecule has 1 saturated carbocycles. The van der Waals surface area contributed by atoms with Crippen LogP contribution in [0.4, 0.5) is 5.69 Å². The summed E-state index contributed by atoms with van der Waals surface area (Å²) < 4.78 is 5.44. The quantitative estimate of drug-likeness (QED) is 0.793. The van der Waals surface area contributed by atoms with Gasteiger partial charge in [0.1, 0.15) is 0 Å². The highest BCUT2D eigenvalue weighted by molar-refractivity contribution is 5.51. The summed E-state index contributed by atoms with van der Waals surface area (Å²) in [5.41, 5.74) is 8.48. The van der Waals surface area contributed by atoms with Gasteiger partial charge in [-0.05, 0) is 24.5 Å². The lowest BCUT2D eigenvalue weighted by molar-refractivity contribution is 0.104. The second kappa shape index (κ2) is 4.88. The lowest BCUT2D eigenvalue weighted by Crippen LogP contribution is -2.34. The van der Waals surface area contributed by atoms with E-state index in [1.165, 1.54) is 37.7 Å². The van der Waals surface area contributed by atoms with Crippen molar-refractivity contribution in [2.24, 2.45) is 0 Å². The predicted octanol–water partition coefficient (Wildman–Crippen LogP) is 3.12. The first kappa shape index (κ1) is 11.5. The van der Waals surface area contributed by atoms with E-state index < -0.39 is 0 Å². The number of hydrogen-bond donors (Lipinski definition) is 1. The zero-order valence-electron chi connectivity index (χ0n) is 10.0. The van der Waals surface area contributed by atoms with E-state index in [2.05, 4.69) is 12.1 Å². The molecule has 0 bridgehead atoms. The van der Waals surface area contributed by atoms with Crippen molar-refractivity contribution in [1.29, 1.82) is 0 Å². The van der Waals surface area contributed by atoms with Crippen molar-refractivity contribution in [3.63, 3.8) is 0 Å². The average Bonchev–Trinajstić information content (AvgIpc) is 2.31. The number of benzene rings is 1. The molecule has 1 aromatic rings. The zero-order valence-corrected chi connectivity index (χ0v) is 10.0. The third kappa shape index (κ3) is 2.07. The summed E-state index contributed by atoms with van der Waals surface area (Å²) >= 11 is 0.